The molecule has 0 amide bonds. The number of aliphatic hydroxyl groups is 1. The summed E-state index contributed by atoms with van der Waals surface area (Å²) < 4.78 is 73.9. The number of fused-ring (bicyclic) bond motifs is 1. The van der Waals surface area contributed by atoms with Gasteiger partial charge in [0, 0.05) is 6.42 Å². The molecule has 0 radical (unpaired) electrons. The first kappa shape index (κ1) is 23.2. The summed E-state index contributed by atoms with van der Waals surface area (Å²) in [5, 5.41) is 9.45. The Kier molecular flexibility index (Phi) is 6.18. The summed E-state index contributed by atoms with van der Waals surface area (Å²) in [5.74, 6) is 0.271. The molecule has 4 rings (SSSR count). The van der Waals surface area contributed by atoms with Gasteiger partial charge in [-0.3, -0.25) is 4.31 Å². The van der Waals surface area contributed by atoms with E-state index in [1.807, 2.05) is 6.07 Å². The topological polar surface area (TPSA) is 66.8 Å². The number of halogens is 3. The van der Waals surface area contributed by atoms with Gasteiger partial charge in [-0.25, -0.2) is 8.42 Å². The van der Waals surface area contributed by atoms with E-state index in [0.717, 1.165) is 52.9 Å². The minimum atomic E-state index is -4.67. The Morgan fingerprint density at radius 2 is 2.00 bits per heavy atom. The zero-order valence-electron chi connectivity index (χ0n) is 17.8. The zero-order chi connectivity index (χ0) is 23.8. The molecule has 1 heterocycles. The largest absolute Gasteiger partial charge is 0.513 e. The molecule has 33 heavy (non-hydrogen) atoms. The highest BCUT2D eigenvalue weighted by atomic mass is 32.2. The first-order valence-corrected chi connectivity index (χ1v) is 12.1. The van der Waals surface area contributed by atoms with Gasteiger partial charge < -0.3 is 9.84 Å². The first-order valence-electron chi connectivity index (χ1n) is 10.6. The molecule has 1 N–H and O–H groups in total. The van der Waals surface area contributed by atoms with E-state index in [1.165, 1.54) is 0 Å². The molecule has 0 saturated carbocycles. The van der Waals surface area contributed by atoms with Gasteiger partial charge in [-0.1, -0.05) is 24.8 Å². The molecule has 0 unspecified atom stereocenters. The van der Waals surface area contributed by atoms with Crippen molar-refractivity contribution in [3.63, 3.8) is 0 Å². The van der Waals surface area contributed by atoms with Crippen molar-refractivity contribution in [1.29, 1.82) is 0 Å². The third kappa shape index (κ3) is 4.88. The van der Waals surface area contributed by atoms with Gasteiger partial charge in [0.15, 0.2) is 0 Å². The molecule has 1 atom stereocenters. The van der Waals surface area contributed by atoms with Gasteiger partial charge in [-0.15, -0.1) is 0 Å². The van der Waals surface area contributed by atoms with Crippen molar-refractivity contribution < 1.29 is 31.4 Å². The zero-order valence-corrected chi connectivity index (χ0v) is 18.6. The SMILES string of the molecule is C=C(O)CC[C@H]1CN(S(=O)(=O)c2cccc(C(F)(F)F)c2)c2cc(C3=CCCC3)ccc2O1. The highest BCUT2D eigenvalue weighted by Crippen LogP contribution is 2.41. The fourth-order valence-corrected chi connectivity index (χ4v) is 5.66. The fraction of sp³-hybridized carbons (Fsp3) is 0.333. The van der Waals surface area contributed by atoms with Crippen molar-refractivity contribution in [3.05, 3.63) is 72.0 Å². The number of ether oxygens (including phenoxy) is 1. The van der Waals surface area contributed by atoms with Crippen LogP contribution in [0.3, 0.4) is 0 Å². The molecular formula is C24H24F3NO4S. The molecule has 176 valence electrons. The number of hydrogen-bond acceptors (Lipinski definition) is 4. The molecule has 1 aliphatic carbocycles. The van der Waals surface area contributed by atoms with E-state index in [0.29, 0.717) is 18.2 Å². The van der Waals surface area contributed by atoms with Crippen LogP contribution in [0.15, 0.2) is 65.8 Å². The molecule has 9 heteroatoms. The predicted molar refractivity (Wildman–Crippen MR) is 120 cm³/mol. The van der Waals surface area contributed by atoms with Gasteiger partial charge in [-0.2, -0.15) is 13.2 Å². The quantitative estimate of drug-likeness (QED) is 0.510. The standard InChI is InChI=1S/C24H24F3NO4S/c1-16(29)9-11-20-15-28(33(30,31)21-8-4-7-19(14-21)24(25,26)27)22-13-18(10-12-23(22)32-20)17-5-2-3-6-17/h4-5,7-8,10,12-14,20,29H,1-3,6,9,11,15H2/t20-/m0/s1. The van der Waals surface area contributed by atoms with Crippen LogP contribution in [0.1, 0.15) is 43.2 Å². The highest BCUT2D eigenvalue weighted by Gasteiger charge is 2.37. The Morgan fingerprint density at radius 3 is 2.67 bits per heavy atom. The van der Waals surface area contributed by atoms with Gasteiger partial charge in [0.2, 0.25) is 0 Å². The molecule has 0 bridgehead atoms. The molecule has 0 saturated heterocycles. The van der Waals surface area contributed by atoms with Gasteiger partial charge >= 0.3 is 6.18 Å². The number of alkyl halides is 3. The minimum absolute atomic E-state index is 0.0554. The van der Waals surface area contributed by atoms with Crippen LogP contribution in [0.2, 0.25) is 0 Å². The fourth-order valence-electron chi connectivity index (χ4n) is 4.11. The average molecular weight is 480 g/mol. The summed E-state index contributed by atoms with van der Waals surface area (Å²) in [7, 11) is -4.32. The van der Waals surface area contributed by atoms with E-state index >= 15 is 0 Å². The van der Waals surface area contributed by atoms with Crippen molar-refractivity contribution in [3.8, 4) is 5.75 Å². The third-order valence-electron chi connectivity index (χ3n) is 5.81. The Bertz CT molecular complexity index is 1200. The van der Waals surface area contributed by atoms with Crippen LogP contribution < -0.4 is 9.04 Å². The summed E-state index contributed by atoms with van der Waals surface area (Å²) in [4.78, 5) is -0.444. The molecule has 2 aliphatic rings. The first-order chi connectivity index (χ1) is 15.6. The van der Waals surface area contributed by atoms with E-state index in [9.17, 15) is 26.7 Å². The molecular weight excluding hydrogens is 455 g/mol. The molecule has 2 aromatic rings. The van der Waals surface area contributed by atoms with Gasteiger partial charge in [0.25, 0.3) is 10.0 Å². The van der Waals surface area contributed by atoms with Crippen molar-refractivity contribution in [2.24, 2.45) is 0 Å². The summed E-state index contributed by atoms with van der Waals surface area (Å²) in [6.45, 7) is 3.35. The predicted octanol–water partition coefficient (Wildman–Crippen LogP) is 6.08. The molecule has 1 aliphatic heterocycles. The van der Waals surface area contributed by atoms with Crippen molar-refractivity contribution in [1.82, 2.24) is 0 Å². The maximum Gasteiger partial charge on any atom is 0.416 e. The van der Waals surface area contributed by atoms with Gasteiger partial charge in [0.1, 0.15) is 11.9 Å². The van der Waals surface area contributed by atoms with Crippen molar-refractivity contribution >= 4 is 21.3 Å². The maximum atomic E-state index is 13.6. The molecule has 0 aromatic heterocycles. The van der Waals surface area contributed by atoms with E-state index in [2.05, 4.69) is 12.7 Å². The highest BCUT2D eigenvalue weighted by molar-refractivity contribution is 7.92. The third-order valence-corrected chi connectivity index (χ3v) is 7.58. The lowest BCUT2D eigenvalue weighted by Gasteiger charge is -2.36. The second-order valence-corrected chi connectivity index (χ2v) is 10.1. The number of hydrogen-bond donors (Lipinski definition) is 1. The van der Waals surface area contributed by atoms with Crippen LogP contribution in [0.25, 0.3) is 5.57 Å². The number of benzene rings is 2. The molecule has 5 nitrogen and oxygen atoms in total. The monoisotopic (exact) mass is 479 g/mol. The second kappa shape index (κ2) is 8.78. The van der Waals surface area contributed by atoms with E-state index in [-0.39, 0.29) is 24.4 Å². The number of nitrogens with zero attached hydrogens (tertiary/aromatic N) is 1. The molecule has 2 aromatic carbocycles. The van der Waals surface area contributed by atoms with Crippen LogP contribution in [0, 0.1) is 0 Å². The lowest BCUT2D eigenvalue weighted by molar-refractivity contribution is -0.137. The number of aliphatic hydroxyl groups excluding tert-OH is 1. The number of allylic oxidation sites excluding steroid dienone is 3. The lowest BCUT2D eigenvalue weighted by Crippen LogP contribution is -2.43. The van der Waals surface area contributed by atoms with Crippen LogP contribution >= 0.6 is 0 Å². The summed E-state index contributed by atoms with van der Waals surface area (Å²) >= 11 is 0. The van der Waals surface area contributed by atoms with Crippen molar-refractivity contribution in [2.75, 3.05) is 10.8 Å². The summed E-state index contributed by atoms with van der Waals surface area (Å²) in [6.07, 6.45) is 0.191. The Labute approximate surface area is 190 Å². The average Bonchev–Trinajstić information content (AvgIpc) is 3.31. The smallest absolute Gasteiger partial charge is 0.416 e. The van der Waals surface area contributed by atoms with Gasteiger partial charge in [-0.05, 0) is 67.2 Å². The minimum Gasteiger partial charge on any atom is -0.513 e. The normalized spacial score (nSPS) is 18.5. The Morgan fingerprint density at radius 1 is 1.21 bits per heavy atom. The lowest BCUT2D eigenvalue weighted by atomic mass is 10.0. The van der Waals surface area contributed by atoms with E-state index in [4.69, 9.17) is 4.74 Å². The van der Waals surface area contributed by atoms with Crippen LogP contribution in [-0.2, 0) is 16.2 Å². The molecule has 0 fully saturated rings. The molecule has 0 spiro atoms. The van der Waals surface area contributed by atoms with Crippen LogP contribution in [0.5, 0.6) is 5.75 Å². The van der Waals surface area contributed by atoms with Crippen molar-refractivity contribution in [2.45, 2.75) is 49.3 Å². The number of sulfonamides is 1. The Balaban J connectivity index is 1.78. The Hall–Kier alpha value is -2.94. The van der Waals surface area contributed by atoms with Gasteiger partial charge in [0.05, 0.1) is 28.5 Å². The number of rotatable bonds is 6. The van der Waals surface area contributed by atoms with E-state index in [1.54, 1.807) is 12.1 Å². The summed E-state index contributed by atoms with van der Waals surface area (Å²) in [6, 6.07) is 9.01. The maximum absolute atomic E-state index is 13.6. The number of anilines is 1. The second-order valence-electron chi connectivity index (χ2n) is 8.21. The van der Waals surface area contributed by atoms with Crippen LogP contribution in [0.4, 0.5) is 18.9 Å². The van der Waals surface area contributed by atoms with E-state index < -0.39 is 32.8 Å². The summed E-state index contributed by atoms with van der Waals surface area (Å²) in [5.41, 5.74) is 1.22. The van der Waals surface area contributed by atoms with Crippen LogP contribution in [-0.4, -0.2) is 26.2 Å².